The summed E-state index contributed by atoms with van der Waals surface area (Å²) >= 11 is 5.90. The molecule has 0 saturated heterocycles. The number of carbonyl (C=O) groups excluding carboxylic acids is 2. The van der Waals surface area contributed by atoms with Gasteiger partial charge in [-0.05, 0) is 50.9 Å². The molecule has 1 aliphatic rings. The highest BCUT2D eigenvalue weighted by molar-refractivity contribution is 7.89. The van der Waals surface area contributed by atoms with Crippen molar-refractivity contribution in [1.29, 1.82) is 0 Å². The number of carbonyl (C=O) groups is 2. The Morgan fingerprint density at radius 1 is 1.26 bits per heavy atom. The zero-order valence-electron chi connectivity index (χ0n) is 15.5. The highest BCUT2D eigenvalue weighted by Gasteiger charge is 2.23. The molecule has 1 atom stereocenters. The van der Waals surface area contributed by atoms with Gasteiger partial charge in [-0.15, -0.1) is 0 Å². The van der Waals surface area contributed by atoms with E-state index < -0.39 is 22.1 Å². The fraction of sp³-hybridized carbons (Fsp3) is 0.556. The largest absolute Gasteiger partial charge is 0.449 e. The molecule has 1 saturated carbocycles. The molecule has 150 valence electrons. The van der Waals surface area contributed by atoms with Gasteiger partial charge in [0.1, 0.15) is 4.90 Å². The van der Waals surface area contributed by atoms with Gasteiger partial charge in [0.05, 0.1) is 10.6 Å². The van der Waals surface area contributed by atoms with Gasteiger partial charge in [-0.25, -0.2) is 17.9 Å². The summed E-state index contributed by atoms with van der Waals surface area (Å²) in [6.07, 6.45) is 4.81. The summed E-state index contributed by atoms with van der Waals surface area (Å²) in [4.78, 5) is 24.2. The van der Waals surface area contributed by atoms with E-state index >= 15 is 0 Å². The van der Waals surface area contributed by atoms with Crippen molar-refractivity contribution < 1.29 is 22.7 Å². The first kappa shape index (κ1) is 21.7. The van der Waals surface area contributed by atoms with Gasteiger partial charge in [0.25, 0.3) is 5.91 Å². The number of hydrogen-bond acceptors (Lipinski definition) is 5. The van der Waals surface area contributed by atoms with Crippen LogP contribution in [0.1, 0.15) is 49.4 Å². The van der Waals surface area contributed by atoms with E-state index in [0.29, 0.717) is 12.5 Å². The molecule has 1 aromatic rings. The Labute approximate surface area is 164 Å². The number of amides is 1. The Bertz CT molecular complexity index is 791. The average molecular weight is 417 g/mol. The molecule has 1 aliphatic carbocycles. The fourth-order valence-electron chi connectivity index (χ4n) is 3.01. The average Bonchev–Trinajstić information content (AvgIpc) is 2.66. The molecule has 0 spiro atoms. The normalized spacial score (nSPS) is 16.6. The lowest BCUT2D eigenvalue weighted by molar-refractivity contribution is -0.129. The monoisotopic (exact) mass is 416 g/mol. The minimum absolute atomic E-state index is 0.000144. The van der Waals surface area contributed by atoms with Gasteiger partial charge in [-0.1, -0.05) is 30.9 Å². The van der Waals surface area contributed by atoms with Crippen LogP contribution in [0, 0.1) is 5.92 Å². The SMILES string of the molecule is CNS(=O)(=O)c1cc(C(=O)O[C@@H](C)C(=O)NCC2CCCCC2)ccc1Cl. The molecular weight excluding hydrogens is 392 g/mol. The molecule has 1 amide bonds. The first-order chi connectivity index (χ1) is 12.7. The third-order valence-corrected chi connectivity index (χ3v) is 6.56. The van der Waals surface area contributed by atoms with Crippen LogP contribution in [0.3, 0.4) is 0 Å². The van der Waals surface area contributed by atoms with Crippen LogP contribution in [0.25, 0.3) is 0 Å². The van der Waals surface area contributed by atoms with Crippen molar-refractivity contribution in [1.82, 2.24) is 10.0 Å². The maximum atomic E-state index is 12.3. The molecule has 0 radical (unpaired) electrons. The van der Waals surface area contributed by atoms with Crippen LogP contribution >= 0.6 is 11.6 Å². The number of nitrogens with one attached hydrogen (secondary N) is 2. The van der Waals surface area contributed by atoms with Crippen LogP contribution in [-0.2, 0) is 19.6 Å². The predicted molar refractivity (Wildman–Crippen MR) is 102 cm³/mol. The summed E-state index contributed by atoms with van der Waals surface area (Å²) in [6, 6.07) is 3.78. The van der Waals surface area contributed by atoms with Gasteiger partial charge in [0.15, 0.2) is 6.10 Å². The number of esters is 1. The third kappa shape index (κ3) is 5.92. The standard InChI is InChI=1S/C18H25ClN2O5S/c1-12(17(22)21-11-13-6-4-3-5-7-13)26-18(23)14-8-9-15(19)16(10-14)27(24,25)20-2/h8-10,12-13,20H,3-7,11H2,1-2H3,(H,21,22)/t12-/m0/s1. The van der Waals surface area contributed by atoms with E-state index in [-0.39, 0.29) is 21.4 Å². The lowest BCUT2D eigenvalue weighted by atomic mass is 9.89. The lowest BCUT2D eigenvalue weighted by Crippen LogP contribution is -2.38. The molecule has 0 heterocycles. The Hall–Kier alpha value is -1.64. The van der Waals surface area contributed by atoms with Gasteiger partial charge in [-0.2, -0.15) is 0 Å². The molecule has 1 aromatic carbocycles. The van der Waals surface area contributed by atoms with Crippen molar-refractivity contribution in [2.45, 2.75) is 50.0 Å². The van der Waals surface area contributed by atoms with E-state index in [1.54, 1.807) is 0 Å². The third-order valence-electron chi connectivity index (χ3n) is 4.67. The Kier molecular flexibility index (Phi) is 7.64. The Balaban J connectivity index is 1.97. The number of rotatable bonds is 7. The summed E-state index contributed by atoms with van der Waals surface area (Å²) in [5.74, 6) is -0.693. The molecule has 0 unspecified atom stereocenters. The molecule has 2 N–H and O–H groups in total. The van der Waals surface area contributed by atoms with Crippen molar-refractivity contribution in [2.75, 3.05) is 13.6 Å². The molecule has 0 aliphatic heterocycles. The lowest BCUT2D eigenvalue weighted by Gasteiger charge is -2.22. The minimum atomic E-state index is -3.82. The quantitative estimate of drug-likeness (QED) is 0.665. The molecule has 2 rings (SSSR count). The first-order valence-electron chi connectivity index (χ1n) is 8.96. The van der Waals surface area contributed by atoms with Crippen molar-refractivity contribution in [3.63, 3.8) is 0 Å². The molecule has 0 aromatic heterocycles. The molecule has 27 heavy (non-hydrogen) atoms. The summed E-state index contributed by atoms with van der Waals surface area (Å²) in [7, 11) is -2.57. The second-order valence-electron chi connectivity index (χ2n) is 6.65. The number of benzene rings is 1. The van der Waals surface area contributed by atoms with Crippen LogP contribution in [0.4, 0.5) is 0 Å². The summed E-state index contributed by atoms with van der Waals surface area (Å²) in [5.41, 5.74) is 0.000144. The van der Waals surface area contributed by atoms with E-state index in [2.05, 4.69) is 10.0 Å². The van der Waals surface area contributed by atoms with Crippen LogP contribution in [0.5, 0.6) is 0 Å². The number of halogens is 1. The van der Waals surface area contributed by atoms with Gasteiger partial charge in [0.2, 0.25) is 10.0 Å². The highest BCUT2D eigenvalue weighted by Crippen LogP contribution is 2.24. The predicted octanol–water partition coefficient (Wildman–Crippen LogP) is 2.49. The van der Waals surface area contributed by atoms with Crippen LogP contribution < -0.4 is 10.0 Å². The Morgan fingerprint density at radius 2 is 1.93 bits per heavy atom. The van der Waals surface area contributed by atoms with E-state index in [4.69, 9.17) is 16.3 Å². The maximum Gasteiger partial charge on any atom is 0.338 e. The zero-order chi connectivity index (χ0) is 20.0. The number of hydrogen-bond donors (Lipinski definition) is 2. The number of ether oxygens (including phenoxy) is 1. The minimum Gasteiger partial charge on any atom is -0.449 e. The molecule has 0 bridgehead atoms. The van der Waals surface area contributed by atoms with E-state index in [1.807, 2.05) is 0 Å². The highest BCUT2D eigenvalue weighted by atomic mass is 35.5. The van der Waals surface area contributed by atoms with Crippen molar-refractivity contribution >= 4 is 33.5 Å². The van der Waals surface area contributed by atoms with Gasteiger partial charge >= 0.3 is 5.97 Å². The van der Waals surface area contributed by atoms with Crippen LogP contribution in [-0.4, -0.2) is 40.0 Å². The van der Waals surface area contributed by atoms with E-state index in [9.17, 15) is 18.0 Å². The second-order valence-corrected chi connectivity index (χ2v) is 8.91. The van der Waals surface area contributed by atoms with Crippen molar-refractivity contribution in [3.05, 3.63) is 28.8 Å². The molecule has 1 fully saturated rings. The van der Waals surface area contributed by atoms with Gasteiger partial charge < -0.3 is 10.1 Å². The van der Waals surface area contributed by atoms with Crippen molar-refractivity contribution in [3.8, 4) is 0 Å². The van der Waals surface area contributed by atoms with Crippen LogP contribution in [0.2, 0.25) is 5.02 Å². The number of sulfonamides is 1. The fourth-order valence-corrected chi connectivity index (χ4v) is 4.26. The molecular formula is C18H25ClN2O5S. The summed E-state index contributed by atoms with van der Waals surface area (Å²) in [6.45, 7) is 2.06. The van der Waals surface area contributed by atoms with Crippen molar-refractivity contribution in [2.24, 2.45) is 5.92 Å². The first-order valence-corrected chi connectivity index (χ1v) is 10.8. The maximum absolute atomic E-state index is 12.3. The van der Waals surface area contributed by atoms with Gasteiger partial charge in [-0.3, -0.25) is 4.79 Å². The smallest absolute Gasteiger partial charge is 0.338 e. The van der Waals surface area contributed by atoms with E-state index in [0.717, 1.165) is 18.9 Å². The van der Waals surface area contributed by atoms with Gasteiger partial charge in [0, 0.05) is 6.54 Å². The molecule has 9 heteroatoms. The Morgan fingerprint density at radius 3 is 2.56 bits per heavy atom. The second kappa shape index (κ2) is 9.52. The molecule has 7 nitrogen and oxygen atoms in total. The summed E-state index contributed by atoms with van der Waals surface area (Å²) < 4.78 is 31.2. The van der Waals surface area contributed by atoms with Crippen LogP contribution in [0.15, 0.2) is 23.1 Å². The zero-order valence-corrected chi connectivity index (χ0v) is 17.0. The van der Waals surface area contributed by atoms with E-state index in [1.165, 1.54) is 45.4 Å². The topological polar surface area (TPSA) is 102 Å². The summed E-state index contributed by atoms with van der Waals surface area (Å²) in [5, 5.41) is 2.81.